The van der Waals surface area contributed by atoms with Gasteiger partial charge in [0.25, 0.3) is 0 Å². The molecule has 2 amide bonds. The molecule has 0 aromatic heterocycles. The molecule has 5 heteroatoms. The van der Waals surface area contributed by atoms with E-state index in [4.69, 9.17) is 0 Å². The van der Waals surface area contributed by atoms with Gasteiger partial charge in [0.05, 0.1) is 12.5 Å². The zero-order chi connectivity index (χ0) is 12.0. The van der Waals surface area contributed by atoms with Gasteiger partial charge < -0.3 is 15.5 Å². The van der Waals surface area contributed by atoms with Gasteiger partial charge in [0.15, 0.2) is 0 Å². The van der Waals surface area contributed by atoms with Crippen molar-refractivity contribution < 1.29 is 9.59 Å². The molecule has 0 aromatic carbocycles. The Morgan fingerprint density at radius 3 is 2.75 bits per heavy atom. The Bertz CT molecular complexity index is 250. The van der Waals surface area contributed by atoms with Crippen molar-refractivity contribution in [3.63, 3.8) is 0 Å². The number of carbonyl (C=O) groups excluding carboxylic acids is 2. The maximum atomic E-state index is 12.1. The average Bonchev–Trinajstić information content (AvgIpc) is 2.35. The van der Waals surface area contributed by atoms with Crippen LogP contribution in [0.1, 0.15) is 19.8 Å². The van der Waals surface area contributed by atoms with Crippen molar-refractivity contribution in [1.29, 1.82) is 0 Å². The third-order valence-electron chi connectivity index (χ3n) is 2.95. The van der Waals surface area contributed by atoms with Crippen LogP contribution < -0.4 is 10.6 Å². The van der Waals surface area contributed by atoms with Crippen LogP contribution in [-0.4, -0.2) is 49.9 Å². The molecule has 0 aliphatic carbocycles. The predicted octanol–water partition coefficient (Wildman–Crippen LogP) is -0.419. The zero-order valence-electron chi connectivity index (χ0n) is 10.1. The summed E-state index contributed by atoms with van der Waals surface area (Å²) in [6, 6.07) is 0. The molecule has 1 aliphatic heterocycles. The molecule has 0 radical (unpaired) electrons. The van der Waals surface area contributed by atoms with E-state index in [9.17, 15) is 9.59 Å². The Labute approximate surface area is 96.6 Å². The summed E-state index contributed by atoms with van der Waals surface area (Å²) >= 11 is 0. The number of nitrogens with zero attached hydrogens (tertiary/aromatic N) is 1. The molecule has 1 unspecified atom stereocenters. The van der Waals surface area contributed by atoms with Gasteiger partial charge in [-0.15, -0.1) is 0 Å². The van der Waals surface area contributed by atoms with Gasteiger partial charge in [-0.2, -0.15) is 0 Å². The van der Waals surface area contributed by atoms with E-state index >= 15 is 0 Å². The van der Waals surface area contributed by atoms with Crippen LogP contribution in [-0.2, 0) is 9.59 Å². The maximum absolute atomic E-state index is 12.1. The Morgan fingerprint density at radius 2 is 2.25 bits per heavy atom. The van der Waals surface area contributed by atoms with E-state index < -0.39 is 0 Å². The first-order valence-electron chi connectivity index (χ1n) is 5.89. The molecule has 0 bridgehead atoms. The largest absolute Gasteiger partial charge is 0.358 e. The fourth-order valence-electron chi connectivity index (χ4n) is 1.92. The molecule has 16 heavy (non-hydrogen) atoms. The van der Waals surface area contributed by atoms with Gasteiger partial charge in [-0.3, -0.25) is 9.59 Å². The van der Waals surface area contributed by atoms with Gasteiger partial charge in [-0.05, 0) is 26.3 Å². The minimum atomic E-state index is -0.112. The van der Waals surface area contributed by atoms with Gasteiger partial charge >= 0.3 is 0 Å². The highest BCUT2D eigenvalue weighted by atomic mass is 16.2. The number of carbonyl (C=O) groups is 2. The van der Waals surface area contributed by atoms with Crippen molar-refractivity contribution in [2.45, 2.75) is 19.8 Å². The predicted molar refractivity (Wildman–Crippen MR) is 61.9 cm³/mol. The van der Waals surface area contributed by atoms with E-state index in [1.807, 2.05) is 6.92 Å². The van der Waals surface area contributed by atoms with E-state index in [1.165, 1.54) is 0 Å². The molecular weight excluding hydrogens is 206 g/mol. The van der Waals surface area contributed by atoms with Crippen molar-refractivity contribution in [3.05, 3.63) is 0 Å². The lowest BCUT2D eigenvalue weighted by atomic mass is 9.98. The van der Waals surface area contributed by atoms with Gasteiger partial charge in [0.2, 0.25) is 11.8 Å². The second-order valence-electron chi connectivity index (χ2n) is 4.07. The summed E-state index contributed by atoms with van der Waals surface area (Å²) in [5, 5.41) is 5.75. The van der Waals surface area contributed by atoms with Crippen LogP contribution >= 0.6 is 0 Å². The second kappa shape index (κ2) is 6.48. The molecule has 0 spiro atoms. The molecule has 1 heterocycles. The maximum Gasteiger partial charge on any atom is 0.239 e. The van der Waals surface area contributed by atoms with E-state index in [1.54, 1.807) is 11.9 Å². The quantitative estimate of drug-likeness (QED) is 0.686. The number of nitrogens with one attached hydrogen (secondary N) is 2. The van der Waals surface area contributed by atoms with Gasteiger partial charge in [0, 0.05) is 20.1 Å². The lowest BCUT2D eigenvalue weighted by Crippen LogP contribution is -2.46. The van der Waals surface area contributed by atoms with E-state index in [0.717, 1.165) is 25.9 Å². The number of rotatable bonds is 4. The summed E-state index contributed by atoms with van der Waals surface area (Å²) in [5.41, 5.74) is 0. The standard InChI is InChI=1S/C11H21N3O2/c1-3-14(8-10(15)12-2)11(16)9-5-4-6-13-7-9/h9,13H,3-8H2,1-2H3,(H,12,15). The monoisotopic (exact) mass is 227 g/mol. The minimum absolute atomic E-state index is 0.0401. The lowest BCUT2D eigenvalue weighted by Gasteiger charge is -2.28. The van der Waals surface area contributed by atoms with Crippen molar-refractivity contribution in [3.8, 4) is 0 Å². The molecule has 1 aliphatic rings. The highest BCUT2D eigenvalue weighted by Crippen LogP contribution is 2.13. The number of likely N-dealkylation sites (N-methyl/N-ethyl adjacent to an activating group) is 2. The Hall–Kier alpha value is -1.10. The van der Waals surface area contributed by atoms with Crippen molar-refractivity contribution >= 4 is 11.8 Å². The summed E-state index contributed by atoms with van der Waals surface area (Å²) in [6.45, 7) is 4.39. The SMILES string of the molecule is CCN(CC(=O)NC)C(=O)C1CCCNC1. The minimum Gasteiger partial charge on any atom is -0.358 e. The summed E-state index contributed by atoms with van der Waals surface area (Å²) in [4.78, 5) is 25.0. The van der Waals surface area contributed by atoms with E-state index in [0.29, 0.717) is 6.54 Å². The van der Waals surface area contributed by atoms with Gasteiger partial charge in [-0.25, -0.2) is 0 Å². The van der Waals surface area contributed by atoms with Crippen LogP contribution in [0.15, 0.2) is 0 Å². The molecule has 1 fully saturated rings. The molecule has 0 aromatic rings. The normalized spacial score (nSPS) is 20.2. The lowest BCUT2D eigenvalue weighted by molar-refractivity contribution is -0.139. The van der Waals surface area contributed by atoms with Gasteiger partial charge in [-0.1, -0.05) is 0 Å². The number of piperidine rings is 1. The summed E-state index contributed by atoms with van der Waals surface area (Å²) in [7, 11) is 1.59. The molecule has 1 saturated heterocycles. The Kier molecular flexibility index (Phi) is 5.25. The first kappa shape index (κ1) is 13.0. The topological polar surface area (TPSA) is 61.4 Å². The Balaban J connectivity index is 2.50. The smallest absolute Gasteiger partial charge is 0.239 e. The summed E-state index contributed by atoms with van der Waals surface area (Å²) in [6.07, 6.45) is 1.96. The molecule has 1 rings (SSSR count). The summed E-state index contributed by atoms with van der Waals surface area (Å²) < 4.78 is 0. The second-order valence-corrected chi connectivity index (χ2v) is 4.07. The number of amides is 2. The molecule has 92 valence electrons. The molecule has 5 nitrogen and oxygen atoms in total. The van der Waals surface area contributed by atoms with Crippen LogP contribution in [0.25, 0.3) is 0 Å². The van der Waals surface area contributed by atoms with Crippen LogP contribution in [0.4, 0.5) is 0 Å². The van der Waals surface area contributed by atoms with Crippen molar-refractivity contribution in [2.24, 2.45) is 5.92 Å². The summed E-state index contributed by atoms with van der Waals surface area (Å²) in [5.74, 6) is 0.0237. The van der Waals surface area contributed by atoms with Crippen LogP contribution in [0, 0.1) is 5.92 Å². The number of hydrogen-bond donors (Lipinski definition) is 2. The molecule has 2 N–H and O–H groups in total. The highest BCUT2D eigenvalue weighted by molar-refractivity contribution is 5.85. The highest BCUT2D eigenvalue weighted by Gasteiger charge is 2.25. The van der Waals surface area contributed by atoms with E-state index in [-0.39, 0.29) is 24.3 Å². The van der Waals surface area contributed by atoms with Crippen LogP contribution in [0.5, 0.6) is 0 Å². The van der Waals surface area contributed by atoms with E-state index in [2.05, 4.69) is 10.6 Å². The fourth-order valence-corrected chi connectivity index (χ4v) is 1.92. The van der Waals surface area contributed by atoms with Crippen molar-refractivity contribution in [1.82, 2.24) is 15.5 Å². The molecule has 1 atom stereocenters. The first-order valence-corrected chi connectivity index (χ1v) is 5.89. The molecule has 0 saturated carbocycles. The first-order chi connectivity index (χ1) is 7.69. The fraction of sp³-hybridized carbons (Fsp3) is 0.818. The van der Waals surface area contributed by atoms with Crippen molar-refractivity contribution in [2.75, 3.05) is 33.2 Å². The third-order valence-corrected chi connectivity index (χ3v) is 2.95. The van der Waals surface area contributed by atoms with Gasteiger partial charge in [0.1, 0.15) is 0 Å². The number of hydrogen-bond acceptors (Lipinski definition) is 3. The zero-order valence-corrected chi connectivity index (χ0v) is 10.1. The molecular formula is C11H21N3O2. The van der Waals surface area contributed by atoms with Crippen LogP contribution in [0.2, 0.25) is 0 Å². The van der Waals surface area contributed by atoms with Crippen LogP contribution in [0.3, 0.4) is 0 Å². The Morgan fingerprint density at radius 1 is 1.50 bits per heavy atom. The average molecular weight is 227 g/mol. The third kappa shape index (κ3) is 3.48.